The van der Waals surface area contributed by atoms with E-state index in [2.05, 4.69) is 5.32 Å². The van der Waals surface area contributed by atoms with Crippen LogP contribution in [0.1, 0.15) is 37.7 Å². The maximum Gasteiger partial charge on any atom is 0.329 e. The lowest BCUT2D eigenvalue weighted by Crippen LogP contribution is -2.56. The van der Waals surface area contributed by atoms with Crippen molar-refractivity contribution in [1.82, 2.24) is 5.32 Å². The van der Waals surface area contributed by atoms with E-state index in [-0.39, 0.29) is 12.3 Å². The molecule has 0 radical (unpaired) electrons. The van der Waals surface area contributed by atoms with Gasteiger partial charge in [-0.3, -0.25) is 4.79 Å². The SMILES string of the molecule is O=C(Cc1ccccc1Cl)NC1(C(=O)O)CCCCC1. The minimum Gasteiger partial charge on any atom is -0.480 e. The first-order chi connectivity index (χ1) is 9.53. The zero-order chi connectivity index (χ0) is 14.6. The van der Waals surface area contributed by atoms with Crippen LogP contribution >= 0.6 is 11.6 Å². The highest BCUT2D eigenvalue weighted by Gasteiger charge is 2.40. The van der Waals surface area contributed by atoms with Crippen LogP contribution in [0.25, 0.3) is 0 Å². The van der Waals surface area contributed by atoms with Gasteiger partial charge in [-0.15, -0.1) is 0 Å². The standard InChI is InChI=1S/C15H18ClNO3/c16-12-7-3-2-6-11(12)10-13(18)17-15(14(19)20)8-4-1-5-9-15/h2-3,6-7H,1,4-5,8-10H2,(H,17,18)(H,19,20). The molecule has 2 rings (SSSR count). The fourth-order valence-corrected chi connectivity index (χ4v) is 2.88. The third kappa shape index (κ3) is 3.31. The highest BCUT2D eigenvalue weighted by atomic mass is 35.5. The zero-order valence-corrected chi connectivity index (χ0v) is 11.9. The second-order valence-corrected chi connectivity index (χ2v) is 5.67. The molecule has 0 atom stereocenters. The van der Waals surface area contributed by atoms with Crippen LogP contribution in [0.15, 0.2) is 24.3 Å². The highest BCUT2D eigenvalue weighted by Crippen LogP contribution is 2.28. The van der Waals surface area contributed by atoms with Gasteiger partial charge in [-0.25, -0.2) is 4.79 Å². The lowest BCUT2D eigenvalue weighted by molar-refractivity contribution is -0.149. The molecule has 0 aromatic heterocycles. The Morgan fingerprint density at radius 3 is 2.45 bits per heavy atom. The molecule has 1 aliphatic carbocycles. The molecule has 0 spiro atoms. The highest BCUT2D eigenvalue weighted by molar-refractivity contribution is 6.31. The normalized spacial score (nSPS) is 17.4. The Labute approximate surface area is 123 Å². The molecule has 108 valence electrons. The monoisotopic (exact) mass is 295 g/mol. The van der Waals surface area contributed by atoms with Gasteiger partial charge in [0.05, 0.1) is 6.42 Å². The second-order valence-electron chi connectivity index (χ2n) is 5.26. The summed E-state index contributed by atoms with van der Waals surface area (Å²) in [5.41, 5.74) is -0.389. The minimum absolute atomic E-state index is 0.106. The number of halogens is 1. The van der Waals surface area contributed by atoms with Crippen molar-refractivity contribution >= 4 is 23.5 Å². The van der Waals surface area contributed by atoms with Crippen molar-refractivity contribution in [2.75, 3.05) is 0 Å². The summed E-state index contributed by atoms with van der Waals surface area (Å²) in [5.74, 6) is -1.23. The molecule has 0 bridgehead atoms. The van der Waals surface area contributed by atoms with Gasteiger partial charge in [-0.05, 0) is 24.5 Å². The first-order valence-corrected chi connectivity index (χ1v) is 7.19. The Kier molecular flexibility index (Phi) is 4.65. The molecule has 1 fully saturated rings. The van der Waals surface area contributed by atoms with E-state index < -0.39 is 11.5 Å². The van der Waals surface area contributed by atoms with Crippen LogP contribution in [-0.2, 0) is 16.0 Å². The predicted molar refractivity (Wildman–Crippen MR) is 76.8 cm³/mol. The van der Waals surface area contributed by atoms with E-state index in [9.17, 15) is 14.7 Å². The van der Waals surface area contributed by atoms with Gasteiger partial charge >= 0.3 is 5.97 Å². The van der Waals surface area contributed by atoms with Crippen LogP contribution in [0, 0.1) is 0 Å². The molecular weight excluding hydrogens is 278 g/mol. The second kappa shape index (κ2) is 6.27. The van der Waals surface area contributed by atoms with E-state index in [4.69, 9.17) is 11.6 Å². The number of benzene rings is 1. The molecule has 0 heterocycles. The third-order valence-electron chi connectivity index (χ3n) is 3.80. The quantitative estimate of drug-likeness (QED) is 0.897. The molecule has 2 N–H and O–H groups in total. The van der Waals surface area contributed by atoms with E-state index in [0.29, 0.717) is 23.4 Å². The van der Waals surface area contributed by atoms with Crippen molar-refractivity contribution in [3.05, 3.63) is 34.9 Å². The predicted octanol–water partition coefficient (Wildman–Crippen LogP) is 2.79. The Bertz CT molecular complexity index is 510. The maximum atomic E-state index is 12.1. The Balaban J connectivity index is 2.06. The third-order valence-corrected chi connectivity index (χ3v) is 4.17. The molecule has 1 aliphatic rings. The van der Waals surface area contributed by atoms with E-state index >= 15 is 0 Å². The Morgan fingerprint density at radius 1 is 1.20 bits per heavy atom. The summed E-state index contributed by atoms with van der Waals surface area (Å²) in [6, 6.07) is 7.10. The van der Waals surface area contributed by atoms with Crippen LogP contribution in [0.2, 0.25) is 5.02 Å². The fraction of sp³-hybridized carbons (Fsp3) is 0.467. The van der Waals surface area contributed by atoms with Gasteiger partial charge in [0.1, 0.15) is 5.54 Å². The van der Waals surface area contributed by atoms with Gasteiger partial charge in [-0.2, -0.15) is 0 Å². The molecule has 0 unspecified atom stereocenters. The van der Waals surface area contributed by atoms with Gasteiger partial charge in [0.15, 0.2) is 0 Å². The average Bonchev–Trinajstić information content (AvgIpc) is 2.42. The van der Waals surface area contributed by atoms with Crippen molar-refractivity contribution in [2.24, 2.45) is 0 Å². The molecule has 1 aromatic rings. The summed E-state index contributed by atoms with van der Waals surface area (Å²) < 4.78 is 0. The number of rotatable bonds is 4. The summed E-state index contributed by atoms with van der Waals surface area (Å²) in [7, 11) is 0. The number of aliphatic carboxylic acids is 1. The van der Waals surface area contributed by atoms with Crippen LogP contribution in [-0.4, -0.2) is 22.5 Å². The summed E-state index contributed by atoms with van der Waals surface area (Å²) >= 11 is 6.01. The Morgan fingerprint density at radius 2 is 1.85 bits per heavy atom. The summed E-state index contributed by atoms with van der Waals surface area (Å²) in [6.07, 6.45) is 3.79. The lowest BCUT2D eigenvalue weighted by atomic mass is 9.81. The van der Waals surface area contributed by atoms with E-state index in [1.54, 1.807) is 18.2 Å². The topological polar surface area (TPSA) is 66.4 Å². The van der Waals surface area contributed by atoms with Gasteiger partial charge < -0.3 is 10.4 Å². The number of hydrogen-bond acceptors (Lipinski definition) is 2. The first kappa shape index (κ1) is 14.9. The van der Waals surface area contributed by atoms with Crippen molar-refractivity contribution in [1.29, 1.82) is 0 Å². The van der Waals surface area contributed by atoms with Gasteiger partial charge in [0.25, 0.3) is 0 Å². The largest absolute Gasteiger partial charge is 0.480 e. The maximum absolute atomic E-state index is 12.1. The number of hydrogen-bond donors (Lipinski definition) is 2. The summed E-state index contributed by atoms with van der Waals surface area (Å²) in [4.78, 5) is 23.6. The number of carbonyl (C=O) groups is 2. The molecule has 5 heteroatoms. The van der Waals surface area contributed by atoms with E-state index in [1.165, 1.54) is 0 Å². The molecule has 20 heavy (non-hydrogen) atoms. The smallest absolute Gasteiger partial charge is 0.329 e. The molecular formula is C15H18ClNO3. The van der Waals surface area contributed by atoms with E-state index in [1.807, 2.05) is 6.07 Å². The molecule has 1 amide bonds. The number of carbonyl (C=O) groups excluding carboxylic acids is 1. The lowest BCUT2D eigenvalue weighted by Gasteiger charge is -2.34. The fourth-order valence-electron chi connectivity index (χ4n) is 2.67. The van der Waals surface area contributed by atoms with Gasteiger partial charge in [0, 0.05) is 5.02 Å². The number of amides is 1. The van der Waals surface area contributed by atoms with Gasteiger partial charge in [-0.1, -0.05) is 49.1 Å². The summed E-state index contributed by atoms with van der Waals surface area (Å²) in [6.45, 7) is 0. The molecule has 0 saturated heterocycles. The molecule has 4 nitrogen and oxygen atoms in total. The molecule has 1 aromatic carbocycles. The average molecular weight is 296 g/mol. The first-order valence-electron chi connectivity index (χ1n) is 6.81. The van der Waals surface area contributed by atoms with Crippen LogP contribution < -0.4 is 5.32 Å². The molecule has 0 aliphatic heterocycles. The zero-order valence-electron chi connectivity index (χ0n) is 11.2. The molecule has 1 saturated carbocycles. The van der Waals surface area contributed by atoms with Crippen molar-refractivity contribution < 1.29 is 14.7 Å². The minimum atomic E-state index is -1.10. The number of carboxylic acid groups (broad SMARTS) is 1. The van der Waals surface area contributed by atoms with Crippen molar-refractivity contribution in [2.45, 2.75) is 44.1 Å². The summed E-state index contributed by atoms with van der Waals surface area (Å²) in [5, 5.41) is 12.7. The van der Waals surface area contributed by atoms with Crippen LogP contribution in [0.5, 0.6) is 0 Å². The van der Waals surface area contributed by atoms with Crippen molar-refractivity contribution in [3.8, 4) is 0 Å². The van der Waals surface area contributed by atoms with Gasteiger partial charge in [0.2, 0.25) is 5.91 Å². The van der Waals surface area contributed by atoms with Crippen LogP contribution in [0.4, 0.5) is 0 Å². The van der Waals surface area contributed by atoms with Crippen molar-refractivity contribution in [3.63, 3.8) is 0 Å². The van der Waals surface area contributed by atoms with E-state index in [0.717, 1.165) is 19.3 Å². The number of nitrogens with one attached hydrogen (secondary N) is 1. The van der Waals surface area contributed by atoms with Crippen LogP contribution in [0.3, 0.4) is 0 Å². The number of carboxylic acids is 1. The Hall–Kier alpha value is -1.55.